The fourth-order valence-corrected chi connectivity index (χ4v) is 6.10. The van der Waals surface area contributed by atoms with Gasteiger partial charge in [-0.1, -0.05) is 47.6 Å². The Labute approximate surface area is 207 Å². The van der Waals surface area contributed by atoms with Gasteiger partial charge >= 0.3 is 0 Å². The zero-order valence-electron chi connectivity index (χ0n) is 18.8. The van der Waals surface area contributed by atoms with Crippen LogP contribution in [0.2, 0.25) is 5.02 Å². The monoisotopic (exact) mass is 495 g/mol. The van der Waals surface area contributed by atoms with E-state index in [1.807, 2.05) is 0 Å². The number of rotatable bonds is 4. The van der Waals surface area contributed by atoms with Gasteiger partial charge in [0.1, 0.15) is 16.5 Å². The lowest BCUT2D eigenvalue weighted by Gasteiger charge is -2.42. The van der Waals surface area contributed by atoms with Crippen LogP contribution in [0.3, 0.4) is 0 Å². The van der Waals surface area contributed by atoms with Crippen molar-refractivity contribution in [1.82, 2.24) is 15.0 Å². The lowest BCUT2D eigenvalue weighted by molar-refractivity contribution is 0.101. The van der Waals surface area contributed by atoms with Gasteiger partial charge in [-0.25, -0.2) is 15.0 Å². The Balaban J connectivity index is 1.40. The smallest absolute Gasteiger partial charge is 0.181 e. The number of hydrogen-bond donors (Lipinski definition) is 3. The molecular weight excluding hydrogens is 470 g/mol. The van der Waals surface area contributed by atoms with Crippen molar-refractivity contribution in [2.45, 2.75) is 42.1 Å². The van der Waals surface area contributed by atoms with Crippen LogP contribution in [0.5, 0.6) is 0 Å². The van der Waals surface area contributed by atoms with E-state index in [-0.39, 0.29) is 28.9 Å². The molecule has 0 radical (unpaired) electrons. The second kappa shape index (κ2) is 8.72. The highest BCUT2D eigenvalue weighted by molar-refractivity contribution is 7.99. The minimum atomic E-state index is -0.171. The number of fused-ring (bicyclic) bond motifs is 1. The van der Waals surface area contributed by atoms with E-state index in [4.69, 9.17) is 28.8 Å². The van der Waals surface area contributed by atoms with Crippen molar-refractivity contribution in [3.63, 3.8) is 0 Å². The third kappa shape index (κ3) is 3.87. The summed E-state index contributed by atoms with van der Waals surface area (Å²) in [6.45, 7) is 2.95. The molecule has 1 atom stereocenters. The summed E-state index contributed by atoms with van der Waals surface area (Å²) < 4.78 is 0. The van der Waals surface area contributed by atoms with Gasteiger partial charge in [0.2, 0.25) is 0 Å². The van der Waals surface area contributed by atoms with E-state index in [9.17, 15) is 4.79 Å². The Morgan fingerprint density at radius 1 is 1.15 bits per heavy atom. The highest BCUT2D eigenvalue weighted by Crippen LogP contribution is 2.51. The van der Waals surface area contributed by atoms with E-state index in [1.165, 1.54) is 29.8 Å². The minimum absolute atomic E-state index is 0.0191. The third-order valence-electron chi connectivity index (χ3n) is 6.94. The Morgan fingerprint density at radius 2 is 1.88 bits per heavy atom. The number of ketones is 1. The van der Waals surface area contributed by atoms with Crippen LogP contribution in [-0.2, 0) is 6.42 Å². The average Bonchev–Trinajstić information content (AvgIpc) is 3.09. The van der Waals surface area contributed by atoms with Gasteiger partial charge in [-0.15, -0.1) is 0 Å². The molecule has 3 heterocycles. The summed E-state index contributed by atoms with van der Waals surface area (Å²) in [6, 6.07) is 10.2. The molecule has 1 aliphatic heterocycles. The molecule has 0 amide bonds. The van der Waals surface area contributed by atoms with Crippen molar-refractivity contribution in [3.05, 3.63) is 58.4 Å². The number of Topliss-reactive ketones (excluding diaryl/α,β-unsaturated/α-hetero) is 1. The van der Waals surface area contributed by atoms with E-state index in [0.717, 1.165) is 32.4 Å². The maximum atomic E-state index is 12.5. The lowest BCUT2D eigenvalue weighted by Crippen LogP contribution is -2.45. The fraction of sp³-hybridized carbons (Fsp3) is 0.333. The van der Waals surface area contributed by atoms with Crippen LogP contribution in [-0.4, -0.2) is 33.8 Å². The second-order valence-electron chi connectivity index (χ2n) is 8.96. The molecule has 1 aromatic carbocycles. The topological polar surface area (TPSA) is 137 Å². The van der Waals surface area contributed by atoms with Crippen LogP contribution >= 0.6 is 23.4 Å². The maximum absolute atomic E-state index is 12.5. The Hall–Kier alpha value is -2.88. The maximum Gasteiger partial charge on any atom is 0.181 e. The van der Waals surface area contributed by atoms with Gasteiger partial charge in [-0.05, 0) is 41.9 Å². The zero-order valence-corrected chi connectivity index (χ0v) is 20.4. The summed E-state index contributed by atoms with van der Waals surface area (Å²) >= 11 is 7.49. The quantitative estimate of drug-likeness (QED) is 0.460. The number of anilines is 3. The second-order valence-corrected chi connectivity index (χ2v) is 10.4. The van der Waals surface area contributed by atoms with Gasteiger partial charge in [0.15, 0.2) is 17.4 Å². The zero-order chi connectivity index (χ0) is 24.0. The molecule has 1 fully saturated rings. The Bertz CT molecular complexity index is 1280. The number of benzene rings is 1. The molecule has 1 saturated heterocycles. The number of pyridine rings is 1. The molecule has 5 rings (SSSR count). The first kappa shape index (κ1) is 22.9. The van der Waals surface area contributed by atoms with E-state index in [1.54, 1.807) is 12.3 Å². The van der Waals surface area contributed by atoms with Crippen LogP contribution < -0.4 is 22.1 Å². The van der Waals surface area contributed by atoms with Crippen LogP contribution in [0.15, 0.2) is 46.5 Å². The standard InChI is InChI=1S/C24H26ClN7OS/c1-13(33)18-22(31-21(28)23(30-18)34-16-6-9-29-20(27)17(16)25)32-10-7-24(8-11-32)12-14-4-2-3-5-15(14)19(24)26/h2-6,9,19H,7-8,10-12,26H2,1H3,(H2,27,29)(H2,28,31)/t19-/m1/s1. The Morgan fingerprint density at radius 3 is 2.59 bits per heavy atom. The number of carbonyl (C=O) groups is 1. The molecule has 0 unspecified atom stereocenters. The molecule has 34 heavy (non-hydrogen) atoms. The van der Waals surface area contributed by atoms with Crippen LogP contribution in [0.1, 0.15) is 47.4 Å². The first-order valence-electron chi connectivity index (χ1n) is 11.1. The molecule has 10 heteroatoms. The lowest BCUT2D eigenvalue weighted by atomic mass is 9.73. The first-order chi connectivity index (χ1) is 16.3. The Kier molecular flexibility index (Phi) is 5.87. The minimum Gasteiger partial charge on any atom is -0.382 e. The van der Waals surface area contributed by atoms with Crippen LogP contribution in [0, 0.1) is 5.41 Å². The highest BCUT2D eigenvalue weighted by Gasteiger charge is 2.46. The molecule has 6 N–H and O–H groups in total. The van der Waals surface area contributed by atoms with Crippen molar-refractivity contribution < 1.29 is 4.79 Å². The van der Waals surface area contributed by atoms with Crippen molar-refractivity contribution in [2.75, 3.05) is 29.5 Å². The third-order valence-corrected chi connectivity index (χ3v) is 8.51. The SMILES string of the molecule is CC(=O)c1nc(Sc2ccnc(N)c2Cl)c(N)nc1N1CCC2(CC1)Cc1ccccc1[C@H]2N. The first-order valence-corrected chi connectivity index (χ1v) is 12.3. The number of nitrogens with two attached hydrogens (primary N) is 3. The number of piperidine rings is 1. The number of nitrogen functional groups attached to an aromatic ring is 2. The molecular formula is C24H26ClN7OS. The normalized spacial score (nSPS) is 18.8. The molecule has 0 saturated carbocycles. The molecule has 176 valence electrons. The number of carbonyl (C=O) groups excluding carboxylic acids is 1. The number of hydrogen-bond acceptors (Lipinski definition) is 9. The van der Waals surface area contributed by atoms with Crippen LogP contribution in [0.4, 0.5) is 17.5 Å². The van der Waals surface area contributed by atoms with E-state index in [0.29, 0.717) is 26.5 Å². The van der Waals surface area contributed by atoms with Crippen molar-refractivity contribution in [1.29, 1.82) is 0 Å². The summed E-state index contributed by atoms with van der Waals surface area (Å²) in [7, 11) is 0. The van der Waals surface area contributed by atoms with E-state index >= 15 is 0 Å². The van der Waals surface area contributed by atoms with E-state index in [2.05, 4.69) is 44.1 Å². The molecule has 8 nitrogen and oxygen atoms in total. The van der Waals surface area contributed by atoms with Gasteiger partial charge in [0.25, 0.3) is 0 Å². The number of halogens is 1. The number of aromatic nitrogens is 3. The predicted octanol–water partition coefficient (Wildman–Crippen LogP) is 3.89. The molecule has 3 aromatic rings. The summed E-state index contributed by atoms with van der Waals surface area (Å²) in [4.78, 5) is 28.5. The van der Waals surface area contributed by atoms with Gasteiger partial charge < -0.3 is 22.1 Å². The highest BCUT2D eigenvalue weighted by atomic mass is 35.5. The largest absolute Gasteiger partial charge is 0.382 e. The summed E-state index contributed by atoms with van der Waals surface area (Å²) in [5.74, 6) is 0.807. The van der Waals surface area contributed by atoms with Gasteiger partial charge in [0.05, 0.1) is 5.02 Å². The van der Waals surface area contributed by atoms with Crippen molar-refractivity contribution >= 4 is 46.6 Å². The van der Waals surface area contributed by atoms with Gasteiger partial charge in [-0.3, -0.25) is 4.79 Å². The fourth-order valence-electron chi connectivity index (χ4n) is 5.05. The molecule has 2 aliphatic rings. The molecule has 2 aromatic heterocycles. The molecule has 1 aliphatic carbocycles. The van der Waals surface area contributed by atoms with Crippen molar-refractivity contribution in [3.8, 4) is 0 Å². The summed E-state index contributed by atoms with van der Waals surface area (Å²) in [5.41, 5.74) is 21.7. The van der Waals surface area contributed by atoms with Crippen LogP contribution in [0.25, 0.3) is 0 Å². The van der Waals surface area contributed by atoms with E-state index < -0.39 is 0 Å². The summed E-state index contributed by atoms with van der Waals surface area (Å²) in [6.07, 6.45) is 4.36. The van der Waals surface area contributed by atoms with Gasteiger partial charge in [-0.2, -0.15) is 0 Å². The summed E-state index contributed by atoms with van der Waals surface area (Å²) in [5, 5.41) is 0.723. The van der Waals surface area contributed by atoms with Gasteiger partial charge in [0, 0.05) is 37.1 Å². The molecule has 0 bridgehead atoms. The predicted molar refractivity (Wildman–Crippen MR) is 135 cm³/mol. The number of nitrogens with zero attached hydrogens (tertiary/aromatic N) is 4. The van der Waals surface area contributed by atoms with Crippen molar-refractivity contribution in [2.24, 2.45) is 11.1 Å². The average molecular weight is 496 g/mol. The molecule has 1 spiro atoms.